The quantitative estimate of drug-likeness (QED) is 0.569. The summed E-state index contributed by atoms with van der Waals surface area (Å²) in [5.74, 6) is 0.672. The molecule has 0 radical (unpaired) electrons. The van der Waals surface area contributed by atoms with Crippen molar-refractivity contribution in [2.75, 3.05) is 13.1 Å². The van der Waals surface area contributed by atoms with Gasteiger partial charge in [0.05, 0.1) is 0 Å². The van der Waals surface area contributed by atoms with Crippen LogP contribution in [0.2, 0.25) is 0 Å². The van der Waals surface area contributed by atoms with Crippen LogP contribution < -0.4 is 0 Å². The van der Waals surface area contributed by atoms with Crippen molar-refractivity contribution in [3.63, 3.8) is 0 Å². The van der Waals surface area contributed by atoms with Crippen molar-refractivity contribution in [1.82, 2.24) is 4.90 Å². The van der Waals surface area contributed by atoms with Crippen LogP contribution in [0.3, 0.4) is 0 Å². The van der Waals surface area contributed by atoms with Crippen LogP contribution in [-0.4, -0.2) is 29.8 Å². The summed E-state index contributed by atoms with van der Waals surface area (Å²) in [6.45, 7) is 8.36. The first-order chi connectivity index (χ1) is 5.16. The van der Waals surface area contributed by atoms with Gasteiger partial charge in [-0.2, -0.15) is 0 Å². The van der Waals surface area contributed by atoms with Crippen LogP contribution in [0.15, 0.2) is 0 Å². The lowest BCUT2D eigenvalue weighted by Crippen LogP contribution is -2.46. The Balaban J connectivity index is 2.59. The van der Waals surface area contributed by atoms with Crippen LogP contribution in [0, 0.1) is 5.92 Å². The number of likely N-dealkylation sites (tertiary alicyclic amines) is 1. The van der Waals surface area contributed by atoms with Crippen LogP contribution >= 0.6 is 0 Å². The Morgan fingerprint density at radius 2 is 2.18 bits per heavy atom. The summed E-state index contributed by atoms with van der Waals surface area (Å²) in [5, 5.41) is 0. The Morgan fingerprint density at radius 3 is 2.73 bits per heavy atom. The van der Waals surface area contributed by atoms with Gasteiger partial charge in [0.2, 0.25) is 0 Å². The van der Waals surface area contributed by atoms with Gasteiger partial charge >= 0.3 is 0 Å². The highest BCUT2D eigenvalue weighted by atomic mass is 16.1. The summed E-state index contributed by atoms with van der Waals surface area (Å²) in [6, 6.07) is 0.446. The second-order valence-electron chi connectivity index (χ2n) is 3.37. The molecule has 1 saturated heterocycles. The zero-order valence-electron chi connectivity index (χ0n) is 7.63. The SMILES string of the molecule is CCN1CCC(=O)[C@H](C)[C@@H]1C. The minimum atomic E-state index is 0.240. The summed E-state index contributed by atoms with van der Waals surface area (Å²) < 4.78 is 0. The second-order valence-corrected chi connectivity index (χ2v) is 3.37. The first kappa shape index (κ1) is 8.72. The number of Topliss-reactive ketones (excluding diaryl/α,β-unsaturated/α-hetero) is 1. The molecule has 1 aliphatic heterocycles. The number of hydrogen-bond donors (Lipinski definition) is 0. The highest BCUT2D eigenvalue weighted by Crippen LogP contribution is 2.19. The molecule has 0 unspecified atom stereocenters. The Labute approximate surface area is 68.6 Å². The Bertz CT molecular complexity index is 156. The van der Waals surface area contributed by atoms with E-state index in [4.69, 9.17) is 0 Å². The topological polar surface area (TPSA) is 20.3 Å². The molecule has 1 aliphatic rings. The van der Waals surface area contributed by atoms with E-state index in [1.54, 1.807) is 0 Å². The predicted molar refractivity (Wildman–Crippen MR) is 45.5 cm³/mol. The maximum atomic E-state index is 11.2. The normalized spacial score (nSPS) is 34.3. The fourth-order valence-electron chi connectivity index (χ4n) is 1.72. The molecule has 0 aromatic carbocycles. The van der Waals surface area contributed by atoms with E-state index in [-0.39, 0.29) is 5.92 Å². The van der Waals surface area contributed by atoms with E-state index in [1.807, 2.05) is 6.92 Å². The average Bonchev–Trinajstić information content (AvgIpc) is 2.01. The van der Waals surface area contributed by atoms with E-state index in [1.165, 1.54) is 0 Å². The standard InChI is InChI=1S/C9H17NO/c1-4-10-6-5-9(11)7(2)8(10)3/h7-8H,4-6H2,1-3H3/t7-,8+/m1/s1. The van der Waals surface area contributed by atoms with Crippen molar-refractivity contribution in [2.24, 2.45) is 5.92 Å². The van der Waals surface area contributed by atoms with E-state index in [9.17, 15) is 4.79 Å². The van der Waals surface area contributed by atoms with Crippen LogP contribution in [0.5, 0.6) is 0 Å². The molecule has 2 nitrogen and oxygen atoms in total. The van der Waals surface area contributed by atoms with Gasteiger partial charge in [0.1, 0.15) is 5.78 Å². The number of nitrogens with zero attached hydrogens (tertiary/aromatic N) is 1. The second kappa shape index (κ2) is 3.35. The molecule has 2 atom stereocenters. The number of ketones is 1. The summed E-state index contributed by atoms with van der Waals surface area (Å²) in [5.41, 5.74) is 0. The summed E-state index contributed by atoms with van der Waals surface area (Å²) in [4.78, 5) is 13.6. The molecule has 0 N–H and O–H groups in total. The molecule has 2 heteroatoms. The molecular weight excluding hydrogens is 138 g/mol. The van der Waals surface area contributed by atoms with Crippen molar-refractivity contribution >= 4 is 5.78 Å². The summed E-state index contributed by atoms with van der Waals surface area (Å²) in [6.07, 6.45) is 0.749. The smallest absolute Gasteiger partial charge is 0.138 e. The fraction of sp³-hybridized carbons (Fsp3) is 0.889. The Kier molecular flexibility index (Phi) is 2.66. The first-order valence-electron chi connectivity index (χ1n) is 4.43. The lowest BCUT2D eigenvalue weighted by atomic mass is 9.91. The number of rotatable bonds is 1. The molecule has 1 heterocycles. The van der Waals surface area contributed by atoms with Gasteiger partial charge in [-0.05, 0) is 13.5 Å². The minimum absolute atomic E-state index is 0.240. The molecule has 11 heavy (non-hydrogen) atoms. The van der Waals surface area contributed by atoms with Gasteiger partial charge < -0.3 is 0 Å². The molecule has 1 fully saturated rings. The lowest BCUT2D eigenvalue weighted by molar-refractivity contribution is -0.127. The molecule has 0 saturated carbocycles. The number of carbonyl (C=O) groups excluding carboxylic acids is 1. The van der Waals surface area contributed by atoms with Gasteiger partial charge in [0.15, 0.2) is 0 Å². The predicted octanol–water partition coefficient (Wildman–Crippen LogP) is 1.31. The third kappa shape index (κ3) is 1.62. The zero-order valence-corrected chi connectivity index (χ0v) is 7.63. The van der Waals surface area contributed by atoms with E-state index in [0.717, 1.165) is 19.5 Å². The van der Waals surface area contributed by atoms with Crippen molar-refractivity contribution in [3.05, 3.63) is 0 Å². The molecule has 0 aromatic heterocycles. The maximum Gasteiger partial charge on any atom is 0.138 e. The number of piperidine rings is 1. The number of carbonyl (C=O) groups is 1. The Hall–Kier alpha value is -0.370. The fourth-order valence-corrected chi connectivity index (χ4v) is 1.72. The van der Waals surface area contributed by atoms with E-state index in [2.05, 4.69) is 18.7 Å². The van der Waals surface area contributed by atoms with Crippen molar-refractivity contribution in [3.8, 4) is 0 Å². The third-order valence-corrected chi connectivity index (χ3v) is 2.86. The van der Waals surface area contributed by atoms with Crippen LogP contribution in [0.4, 0.5) is 0 Å². The van der Waals surface area contributed by atoms with Gasteiger partial charge in [-0.25, -0.2) is 0 Å². The van der Waals surface area contributed by atoms with Gasteiger partial charge in [-0.1, -0.05) is 13.8 Å². The Morgan fingerprint density at radius 1 is 1.55 bits per heavy atom. The molecule has 64 valence electrons. The third-order valence-electron chi connectivity index (χ3n) is 2.86. The van der Waals surface area contributed by atoms with Crippen LogP contribution in [0.1, 0.15) is 27.2 Å². The van der Waals surface area contributed by atoms with Gasteiger partial charge in [0, 0.05) is 24.9 Å². The molecule has 0 spiro atoms. The van der Waals surface area contributed by atoms with Crippen molar-refractivity contribution < 1.29 is 4.79 Å². The van der Waals surface area contributed by atoms with E-state index in [0.29, 0.717) is 11.8 Å². The summed E-state index contributed by atoms with van der Waals surface area (Å²) in [7, 11) is 0. The highest BCUT2D eigenvalue weighted by Gasteiger charge is 2.29. The monoisotopic (exact) mass is 155 g/mol. The molecule has 1 rings (SSSR count). The average molecular weight is 155 g/mol. The molecule has 0 aromatic rings. The maximum absolute atomic E-state index is 11.2. The van der Waals surface area contributed by atoms with Gasteiger partial charge in [-0.3, -0.25) is 9.69 Å². The van der Waals surface area contributed by atoms with Gasteiger partial charge in [-0.15, -0.1) is 0 Å². The minimum Gasteiger partial charge on any atom is -0.300 e. The van der Waals surface area contributed by atoms with Crippen molar-refractivity contribution in [2.45, 2.75) is 33.2 Å². The van der Waals surface area contributed by atoms with E-state index < -0.39 is 0 Å². The van der Waals surface area contributed by atoms with Crippen LogP contribution in [0.25, 0.3) is 0 Å². The summed E-state index contributed by atoms with van der Waals surface area (Å²) >= 11 is 0. The highest BCUT2D eigenvalue weighted by molar-refractivity contribution is 5.82. The molecule has 0 amide bonds. The molecule has 0 bridgehead atoms. The van der Waals surface area contributed by atoms with Crippen molar-refractivity contribution in [1.29, 1.82) is 0 Å². The van der Waals surface area contributed by atoms with E-state index >= 15 is 0 Å². The molecular formula is C9H17NO. The largest absolute Gasteiger partial charge is 0.300 e. The lowest BCUT2D eigenvalue weighted by Gasteiger charge is -2.35. The number of hydrogen-bond acceptors (Lipinski definition) is 2. The van der Waals surface area contributed by atoms with Crippen LogP contribution in [-0.2, 0) is 4.79 Å². The molecule has 0 aliphatic carbocycles. The van der Waals surface area contributed by atoms with Gasteiger partial charge in [0.25, 0.3) is 0 Å². The zero-order chi connectivity index (χ0) is 8.43. The first-order valence-corrected chi connectivity index (χ1v) is 4.43.